The molecule has 28 heavy (non-hydrogen) atoms. The normalized spacial score (nSPS) is 22.6. The van der Waals surface area contributed by atoms with E-state index in [0.29, 0.717) is 18.4 Å². The molecule has 0 bridgehead atoms. The Bertz CT molecular complexity index is 679. The fourth-order valence-corrected chi connectivity index (χ4v) is 2.55. The molecule has 154 valence electrons. The molecule has 2 aliphatic rings. The molecule has 1 fully saturated rings. The third kappa shape index (κ3) is 6.82. The second kappa shape index (κ2) is 11.9. The number of carbonyl (C=O) groups excluding carboxylic acids is 2. The lowest BCUT2D eigenvalue weighted by Crippen LogP contribution is -2.42. The molecule has 0 radical (unpaired) electrons. The Balaban J connectivity index is 0.000000717. The number of amides is 1. The summed E-state index contributed by atoms with van der Waals surface area (Å²) in [5.74, 6) is -1.85. The van der Waals surface area contributed by atoms with E-state index in [1.807, 2.05) is 0 Å². The van der Waals surface area contributed by atoms with Gasteiger partial charge >= 0.3 is 0 Å². The molecule has 9 heteroatoms. The predicted octanol–water partition coefficient (Wildman–Crippen LogP) is 2.00. The van der Waals surface area contributed by atoms with Gasteiger partial charge < -0.3 is 24.4 Å². The lowest BCUT2D eigenvalue weighted by Gasteiger charge is -2.13. The number of nitrogens with zero attached hydrogens (tertiary/aromatic N) is 1. The molecule has 3 rings (SSSR count). The van der Waals surface area contributed by atoms with Crippen molar-refractivity contribution in [2.24, 2.45) is 5.16 Å². The SMILES string of the molecule is C=C.COC.O=CC1CC(NC(=O)C2CC(c3cc(F)cc(F)c3)=NO2)CO1. The monoisotopic (exact) mass is 398 g/mol. The van der Waals surface area contributed by atoms with Gasteiger partial charge in [-0.2, -0.15) is 0 Å². The number of nitrogens with one attached hydrogen (secondary N) is 1. The number of ether oxygens (including phenoxy) is 2. The van der Waals surface area contributed by atoms with Crippen molar-refractivity contribution in [2.75, 3.05) is 20.8 Å². The van der Waals surface area contributed by atoms with Gasteiger partial charge in [-0.1, -0.05) is 5.16 Å². The van der Waals surface area contributed by atoms with Gasteiger partial charge in [0.1, 0.15) is 24.0 Å². The minimum absolute atomic E-state index is 0.111. The molecule has 1 saturated heterocycles. The number of carbonyl (C=O) groups is 2. The maximum absolute atomic E-state index is 13.2. The molecule has 1 aromatic rings. The molecule has 0 spiro atoms. The van der Waals surface area contributed by atoms with Gasteiger partial charge in [-0.3, -0.25) is 4.79 Å². The van der Waals surface area contributed by atoms with Gasteiger partial charge in [-0.05, 0) is 12.1 Å². The quantitative estimate of drug-likeness (QED) is 0.619. The summed E-state index contributed by atoms with van der Waals surface area (Å²) in [6, 6.07) is 2.75. The smallest absolute Gasteiger partial charge is 0.264 e. The zero-order chi connectivity index (χ0) is 21.1. The van der Waals surface area contributed by atoms with Gasteiger partial charge in [0.2, 0.25) is 6.10 Å². The molecule has 2 aliphatic heterocycles. The summed E-state index contributed by atoms with van der Waals surface area (Å²) in [4.78, 5) is 27.8. The van der Waals surface area contributed by atoms with Crippen molar-refractivity contribution in [3.8, 4) is 0 Å². The van der Waals surface area contributed by atoms with E-state index in [-0.39, 0.29) is 24.6 Å². The Morgan fingerprint density at radius 1 is 1.29 bits per heavy atom. The lowest BCUT2D eigenvalue weighted by atomic mass is 10.0. The molecule has 0 saturated carbocycles. The van der Waals surface area contributed by atoms with E-state index in [0.717, 1.165) is 18.2 Å². The van der Waals surface area contributed by atoms with Crippen LogP contribution in [-0.4, -0.2) is 57.0 Å². The van der Waals surface area contributed by atoms with Gasteiger partial charge in [0.25, 0.3) is 5.91 Å². The molecule has 0 aromatic heterocycles. The summed E-state index contributed by atoms with van der Waals surface area (Å²) in [7, 11) is 3.25. The van der Waals surface area contributed by atoms with Gasteiger partial charge in [0, 0.05) is 38.7 Å². The summed E-state index contributed by atoms with van der Waals surface area (Å²) >= 11 is 0. The number of hydrogen-bond acceptors (Lipinski definition) is 6. The van der Waals surface area contributed by atoms with Crippen LogP contribution in [0, 0.1) is 11.6 Å². The topological polar surface area (TPSA) is 86.2 Å². The maximum Gasteiger partial charge on any atom is 0.264 e. The van der Waals surface area contributed by atoms with Crippen LogP contribution in [0.25, 0.3) is 0 Å². The van der Waals surface area contributed by atoms with Crippen molar-refractivity contribution in [2.45, 2.75) is 31.1 Å². The highest BCUT2D eigenvalue weighted by atomic mass is 19.1. The second-order valence-electron chi connectivity index (χ2n) is 5.85. The van der Waals surface area contributed by atoms with Gasteiger partial charge in [0.05, 0.1) is 18.4 Å². The molecule has 0 aliphatic carbocycles. The number of rotatable bonds is 4. The third-order valence-corrected chi connectivity index (χ3v) is 3.68. The molecule has 1 amide bonds. The van der Waals surface area contributed by atoms with Crippen molar-refractivity contribution in [1.82, 2.24) is 5.32 Å². The zero-order valence-corrected chi connectivity index (χ0v) is 15.8. The van der Waals surface area contributed by atoms with Crippen LogP contribution in [0.2, 0.25) is 0 Å². The molecule has 3 atom stereocenters. The summed E-state index contributed by atoms with van der Waals surface area (Å²) in [6.07, 6.45) is -0.166. The molecule has 7 nitrogen and oxygen atoms in total. The highest BCUT2D eigenvalue weighted by Gasteiger charge is 2.33. The number of benzene rings is 1. The van der Waals surface area contributed by atoms with Crippen LogP contribution in [0.1, 0.15) is 18.4 Å². The Kier molecular flexibility index (Phi) is 9.97. The molecule has 1 aromatic carbocycles. The van der Waals surface area contributed by atoms with Crippen molar-refractivity contribution in [3.05, 3.63) is 48.6 Å². The number of halogens is 2. The molecular weight excluding hydrogens is 374 g/mol. The van der Waals surface area contributed by atoms with E-state index >= 15 is 0 Å². The summed E-state index contributed by atoms with van der Waals surface area (Å²) in [5.41, 5.74) is 0.542. The first kappa shape index (κ1) is 23.4. The van der Waals surface area contributed by atoms with E-state index in [1.165, 1.54) is 0 Å². The molecule has 1 N–H and O–H groups in total. The average Bonchev–Trinajstić information content (AvgIpc) is 3.33. The van der Waals surface area contributed by atoms with Crippen LogP contribution in [0.15, 0.2) is 36.5 Å². The standard InChI is InChI=1S/C15H14F2N2O4.C2H6O.C2H4/c16-9-1-8(2-10(17)3-9)13-5-14(23-19-13)15(21)18-11-4-12(6-20)22-7-11;1-3-2;1-2/h1-3,6,11-12,14H,4-5,7H2,(H,18,21);1-2H3;1-2H2. The highest BCUT2D eigenvalue weighted by Crippen LogP contribution is 2.19. The second-order valence-corrected chi connectivity index (χ2v) is 5.85. The lowest BCUT2D eigenvalue weighted by molar-refractivity contribution is -0.131. The fourth-order valence-electron chi connectivity index (χ4n) is 2.55. The first-order valence-electron chi connectivity index (χ1n) is 8.43. The van der Waals surface area contributed by atoms with E-state index in [1.54, 1.807) is 14.2 Å². The summed E-state index contributed by atoms with van der Waals surface area (Å²) < 4.78 is 35.9. The number of aldehydes is 1. The fraction of sp³-hybridized carbons (Fsp3) is 0.421. The zero-order valence-electron chi connectivity index (χ0n) is 15.8. The molecule has 3 unspecified atom stereocenters. The summed E-state index contributed by atoms with van der Waals surface area (Å²) in [5, 5.41) is 6.44. The van der Waals surface area contributed by atoms with Crippen molar-refractivity contribution in [3.63, 3.8) is 0 Å². The van der Waals surface area contributed by atoms with Crippen molar-refractivity contribution >= 4 is 17.9 Å². The minimum Gasteiger partial charge on any atom is -0.388 e. The van der Waals surface area contributed by atoms with E-state index in [2.05, 4.69) is 28.4 Å². The Labute approximate surface area is 162 Å². The van der Waals surface area contributed by atoms with Crippen LogP contribution in [0.4, 0.5) is 8.78 Å². The van der Waals surface area contributed by atoms with Gasteiger partial charge in [-0.15, -0.1) is 13.2 Å². The highest BCUT2D eigenvalue weighted by molar-refractivity contribution is 6.04. The third-order valence-electron chi connectivity index (χ3n) is 3.68. The predicted molar refractivity (Wildman–Crippen MR) is 98.9 cm³/mol. The van der Waals surface area contributed by atoms with Crippen LogP contribution in [-0.2, 0) is 23.9 Å². The van der Waals surface area contributed by atoms with Crippen LogP contribution in [0.5, 0.6) is 0 Å². The first-order chi connectivity index (χ1) is 13.5. The van der Waals surface area contributed by atoms with E-state index < -0.39 is 29.7 Å². The number of oxime groups is 1. The Hall–Kier alpha value is -2.65. The van der Waals surface area contributed by atoms with Crippen molar-refractivity contribution < 1.29 is 32.7 Å². The minimum atomic E-state index is -0.869. The van der Waals surface area contributed by atoms with Crippen LogP contribution < -0.4 is 5.32 Å². The average molecular weight is 398 g/mol. The molecule has 2 heterocycles. The maximum atomic E-state index is 13.2. The van der Waals surface area contributed by atoms with E-state index in [4.69, 9.17) is 9.57 Å². The van der Waals surface area contributed by atoms with Crippen LogP contribution >= 0.6 is 0 Å². The number of hydrogen-bond donors (Lipinski definition) is 1. The largest absolute Gasteiger partial charge is 0.388 e. The summed E-state index contributed by atoms with van der Waals surface area (Å²) in [6.45, 7) is 6.25. The van der Waals surface area contributed by atoms with Crippen molar-refractivity contribution in [1.29, 1.82) is 0 Å². The van der Waals surface area contributed by atoms with E-state index in [9.17, 15) is 18.4 Å². The Morgan fingerprint density at radius 2 is 1.89 bits per heavy atom. The molecular formula is C19H24F2N2O5. The number of methoxy groups -OCH3 is 1. The first-order valence-corrected chi connectivity index (χ1v) is 8.43. The Morgan fingerprint density at radius 3 is 2.43 bits per heavy atom. The van der Waals surface area contributed by atoms with Crippen LogP contribution in [0.3, 0.4) is 0 Å². The van der Waals surface area contributed by atoms with Gasteiger partial charge in [-0.25, -0.2) is 8.78 Å². The van der Waals surface area contributed by atoms with Gasteiger partial charge in [0.15, 0.2) is 0 Å².